The molecule has 0 aromatic heterocycles. The Morgan fingerprint density at radius 2 is 1.78 bits per heavy atom. The molecule has 2 amide bonds. The number of nitrogens with zero attached hydrogens (tertiary/aromatic N) is 1. The maximum atomic E-state index is 12.4. The highest BCUT2D eigenvalue weighted by atomic mass is 127. The molecule has 7 heteroatoms. The van der Waals surface area contributed by atoms with Crippen LogP contribution in [0.4, 0.5) is 5.69 Å². The summed E-state index contributed by atoms with van der Waals surface area (Å²) in [7, 11) is 3.32. The highest BCUT2D eigenvalue weighted by molar-refractivity contribution is 14.1. The van der Waals surface area contributed by atoms with E-state index in [0.29, 0.717) is 26.9 Å². The molecular weight excluding hydrogens is 450 g/mol. The zero-order valence-corrected chi connectivity index (χ0v) is 16.0. The Morgan fingerprint density at radius 1 is 1.09 bits per heavy atom. The van der Waals surface area contributed by atoms with E-state index < -0.39 is 0 Å². The fourth-order valence-corrected chi connectivity index (χ4v) is 3.16. The zero-order valence-electron chi connectivity index (χ0n) is 12.4. The lowest BCUT2D eigenvalue weighted by atomic mass is 10.1. The van der Waals surface area contributed by atoms with Crippen LogP contribution in [0.5, 0.6) is 0 Å². The van der Waals surface area contributed by atoms with Crippen LogP contribution in [0, 0.1) is 3.57 Å². The number of hydrogen-bond donors (Lipinski definition) is 1. The second-order valence-corrected chi connectivity index (χ2v) is 6.98. The molecule has 0 saturated heterocycles. The fraction of sp³-hybridized carbons (Fsp3) is 0.125. The van der Waals surface area contributed by atoms with Gasteiger partial charge in [-0.15, -0.1) is 0 Å². The van der Waals surface area contributed by atoms with Crippen molar-refractivity contribution in [2.24, 2.45) is 0 Å². The summed E-state index contributed by atoms with van der Waals surface area (Å²) in [5, 5.41) is 3.65. The van der Waals surface area contributed by atoms with Crippen molar-refractivity contribution in [3.63, 3.8) is 0 Å². The molecule has 1 N–H and O–H groups in total. The molecular formula is C16H13Cl2IN2O2. The number of halogens is 3. The lowest BCUT2D eigenvalue weighted by Gasteiger charge is -2.13. The van der Waals surface area contributed by atoms with Crippen molar-refractivity contribution >= 4 is 63.3 Å². The van der Waals surface area contributed by atoms with Gasteiger partial charge in [-0.25, -0.2) is 0 Å². The van der Waals surface area contributed by atoms with Gasteiger partial charge in [0.15, 0.2) is 0 Å². The maximum Gasteiger partial charge on any atom is 0.256 e. The topological polar surface area (TPSA) is 49.4 Å². The van der Waals surface area contributed by atoms with Crippen LogP contribution in [-0.2, 0) is 0 Å². The van der Waals surface area contributed by atoms with Gasteiger partial charge in [0.05, 0.1) is 16.3 Å². The summed E-state index contributed by atoms with van der Waals surface area (Å²) >= 11 is 14.0. The number of amides is 2. The smallest absolute Gasteiger partial charge is 0.256 e. The van der Waals surface area contributed by atoms with Crippen LogP contribution < -0.4 is 5.32 Å². The minimum absolute atomic E-state index is 0.168. The first kappa shape index (κ1) is 18.0. The third-order valence-corrected chi connectivity index (χ3v) is 4.50. The zero-order chi connectivity index (χ0) is 17.1. The summed E-state index contributed by atoms with van der Waals surface area (Å²) in [5.74, 6) is -0.486. The molecule has 2 aromatic carbocycles. The van der Waals surface area contributed by atoms with E-state index >= 15 is 0 Å². The number of nitrogens with one attached hydrogen (secondary N) is 1. The first-order chi connectivity index (χ1) is 10.8. The van der Waals surface area contributed by atoms with Crippen LogP contribution in [0.15, 0.2) is 36.4 Å². The van der Waals surface area contributed by atoms with E-state index in [9.17, 15) is 9.59 Å². The third kappa shape index (κ3) is 4.37. The molecule has 4 nitrogen and oxygen atoms in total. The Morgan fingerprint density at radius 3 is 2.39 bits per heavy atom. The van der Waals surface area contributed by atoms with Crippen molar-refractivity contribution in [3.05, 3.63) is 61.1 Å². The maximum absolute atomic E-state index is 12.4. The molecule has 0 bridgehead atoms. The van der Waals surface area contributed by atoms with E-state index in [1.165, 1.54) is 4.90 Å². The number of benzene rings is 2. The summed E-state index contributed by atoms with van der Waals surface area (Å²) in [6.07, 6.45) is 0. The Hall–Kier alpha value is -1.31. The monoisotopic (exact) mass is 462 g/mol. The van der Waals surface area contributed by atoms with Gasteiger partial charge in [-0.3, -0.25) is 9.59 Å². The van der Waals surface area contributed by atoms with Crippen molar-refractivity contribution in [2.45, 2.75) is 0 Å². The normalized spacial score (nSPS) is 10.3. The molecule has 0 aliphatic heterocycles. The first-order valence-corrected chi connectivity index (χ1v) is 8.40. The molecule has 120 valence electrons. The van der Waals surface area contributed by atoms with Gasteiger partial charge in [0.1, 0.15) is 0 Å². The summed E-state index contributed by atoms with van der Waals surface area (Å²) < 4.78 is 0.726. The highest BCUT2D eigenvalue weighted by Crippen LogP contribution is 2.25. The van der Waals surface area contributed by atoms with Gasteiger partial charge in [-0.2, -0.15) is 0 Å². The van der Waals surface area contributed by atoms with Gasteiger partial charge in [0.2, 0.25) is 0 Å². The molecule has 0 unspecified atom stereocenters. The Kier molecular flexibility index (Phi) is 5.89. The summed E-state index contributed by atoms with van der Waals surface area (Å²) in [6.45, 7) is 0. The average Bonchev–Trinajstić information content (AvgIpc) is 2.48. The average molecular weight is 463 g/mol. The Bertz CT molecular complexity index is 779. The van der Waals surface area contributed by atoms with Crippen molar-refractivity contribution in [1.82, 2.24) is 4.90 Å². The molecule has 0 saturated carbocycles. The van der Waals surface area contributed by atoms with Crippen molar-refractivity contribution < 1.29 is 9.59 Å². The molecule has 0 aliphatic carbocycles. The van der Waals surface area contributed by atoms with Gasteiger partial charge < -0.3 is 10.2 Å². The van der Waals surface area contributed by atoms with Crippen molar-refractivity contribution in [1.29, 1.82) is 0 Å². The quantitative estimate of drug-likeness (QED) is 0.680. The van der Waals surface area contributed by atoms with E-state index in [1.807, 2.05) is 22.6 Å². The molecule has 0 heterocycles. The number of anilines is 1. The highest BCUT2D eigenvalue weighted by Gasteiger charge is 2.15. The second kappa shape index (κ2) is 7.51. The van der Waals surface area contributed by atoms with E-state index in [0.717, 1.165) is 3.57 Å². The molecule has 23 heavy (non-hydrogen) atoms. The number of hydrogen-bond acceptors (Lipinski definition) is 2. The van der Waals surface area contributed by atoms with Crippen LogP contribution in [0.25, 0.3) is 0 Å². The molecule has 0 radical (unpaired) electrons. The van der Waals surface area contributed by atoms with E-state index in [-0.39, 0.29) is 11.8 Å². The van der Waals surface area contributed by atoms with Gasteiger partial charge in [0, 0.05) is 28.3 Å². The predicted molar refractivity (Wildman–Crippen MR) is 102 cm³/mol. The minimum Gasteiger partial charge on any atom is -0.345 e. The van der Waals surface area contributed by atoms with Crippen LogP contribution >= 0.6 is 45.8 Å². The lowest BCUT2D eigenvalue weighted by Crippen LogP contribution is -2.22. The summed E-state index contributed by atoms with van der Waals surface area (Å²) in [4.78, 5) is 25.9. The second-order valence-electron chi connectivity index (χ2n) is 4.97. The SMILES string of the molecule is CN(C)C(=O)c1ccc(Cl)c(NC(=O)c2ccc(Cl)cc2I)c1. The number of carbonyl (C=O) groups is 2. The van der Waals surface area contributed by atoms with Gasteiger partial charge in [-0.1, -0.05) is 23.2 Å². The van der Waals surface area contributed by atoms with Crippen molar-refractivity contribution in [2.75, 3.05) is 19.4 Å². The van der Waals surface area contributed by atoms with Crippen LogP contribution in [0.1, 0.15) is 20.7 Å². The summed E-state index contributed by atoms with van der Waals surface area (Å²) in [6, 6.07) is 9.75. The van der Waals surface area contributed by atoms with Crippen LogP contribution in [-0.4, -0.2) is 30.8 Å². The largest absolute Gasteiger partial charge is 0.345 e. The molecule has 0 aliphatic rings. The van der Waals surface area contributed by atoms with Crippen LogP contribution in [0.3, 0.4) is 0 Å². The Balaban J connectivity index is 2.30. The van der Waals surface area contributed by atoms with Gasteiger partial charge in [-0.05, 0) is 59.0 Å². The third-order valence-electron chi connectivity index (χ3n) is 3.04. The molecule has 2 aromatic rings. The van der Waals surface area contributed by atoms with Gasteiger partial charge >= 0.3 is 0 Å². The fourth-order valence-electron chi connectivity index (χ4n) is 1.88. The van der Waals surface area contributed by atoms with Crippen molar-refractivity contribution in [3.8, 4) is 0 Å². The molecule has 0 fully saturated rings. The first-order valence-electron chi connectivity index (χ1n) is 6.57. The molecule has 0 atom stereocenters. The lowest BCUT2D eigenvalue weighted by molar-refractivity contribution is 0.0827. The standard InChI is InChI=1S/C16H13Cl2IN2O2/c1-21(2)16(23)9-3-6-12(18)14(7-9)20-15(22)11-5-4-10(17)8-13(11)19/h3-8H,1-2H3,(H,20,22). The molecule has 0 spiro atoms. The molecule has 2 rings (SSSR count). The summed E-state index contributed by atoms with van der Waals surface area (Å²) in [5.41, 5.74) is 1.31. The van der Waals surface area contributed by atoms with Gasteiger partial charge in [0.25, 0.3) is 11.8 Å². The Labute approximate surface area is 157 Å². The van der Waals surface area contributed by atoms with E-state index in [1.54, 1.807) is 50.5 Å². The number of carbonyl (C=O) groups excluding carboxylic acids is 2. The van der Waals surface area contributed by atoms with E-state index in [4.69, 9.17) is 23.2 Å². The van der Waals surface area contributed by atoms with Crippen LogP contribution in [0.2, 0.25) is 10.0 Å². The predicted octanol–water partition coefficient (Wildman–Crippen LogP) is 4.55. The number of rotatable bonds is 3. The minimum atomic E-state index is -0.317. The van der Waals surface area contributed by atoms with E-state index in [2.05, 4.69) is 5.32 Å².